The predicted octanol–water partition coefficient (Wildman–Crippen LogP) is 14.2. The van der Waals surface area contributed by atoms with E-state index in [1.807, 2.05) is 0 Å². The van der Waals surface area contributed by atoms with Crippen LogP contribution in [0.25, 0.3) is 0 Å². The van der Waals surface area contributed by atoms with E-state index >= 15 is 0 Å². The molecule has 0 N–H and O–H groups in total. The van der Waals surface area contributed by atoms with Crippen LogP contribution in [0.1, 0.15) is 215 Å². The largest absolute Gasteiger partial charge is 0.462 e. The Morgan fingerprint density at radius 2 is 1.36 bits per heavy atom. The van der Waals surface area contributed by atoms with Gasteiger partial charge in [-0.3, -0.25) is 4.79 Å². The Morgan fingerprint density at radius 1 is 0.745 bits per heavy atom. The summed E-state index contributed by atoms with van der Waals surface area (Å²) in [5, 5.41) is 0. The van der Waals surface area contributed by atoms with Crippen LogP contribution < -0.4 is 0 Å². The number of esters is 1. The molecule has 3 fully saturated rings. The van der Waals surface area contributed by atoms with E-state index in [-0.39, 0.29) is 12.1 Å². The van der Waals surface area contributed by atoms with Crippen LogP contribution in [0.15, 0.2) is 11.6 Å². The number of rotatable bonds is 22. The molecule has 0 aromatic rings. The van der Waals surface area contributed by atoms with E-state index in [1.54, 1.807) is 5.57 Å². The minimum Gasteiger partial charge on any atom is -0.462 e. The van der Waals surface area contributed by atoms with Gasteiger partial charge >= 0.3 is 5.97 Å². The number of unbranched alkanes of at least 4 members (excludes halogenated alkanes) is 14. The Kier molecular flexibility index (Phi) is 16.2. The lowest BCUT2D eigenvalue weighted by atomic mass is 9.47. The Balaban J connectivity index is 1.10. The Morgan fingerprint density at radius 3 is 1.98 bits per heavy atom. The van der Waals surface area contributed by atoms with Gasteiger partial charge in [0.25, 0.3) is 0 Å². The van der Waals surface area contributed by atoms with Crippen molar-refractivity contribution in [3.63, 3.8) is 0 Å². The van der Waals surface area contributed by atoms with E-state index in [2.05, 4.69) is 47.6 Å². The summed E-state index contributed by atoms with van der Waals surface area (Å²) in [5.74, 6) is 5.34. The molecule has 3 saturated carbocycles. The molecule has 0 aromatic heterocycles. The number of ether oxygens (including phenoxy) is 1. The van der Waals surface area contributed by atoms with E-state index < -0.39 is 0 Å². The van der Waals surface area contributed by atoms with Gasteiger partial charge in [0, 0.05) is 12.8 Å². The van der Waals surface area contributed by atoms with Crippen LogP contribution in [-0.2, 0) is 9.53 Å². The molecule has 0 bridgehead atoms. The first-order valence-corrected chi connectivity index (χ1v) is 21.6. The molecule has 4 aliphatic rings. The van der Waals surface area contributed by atoms with E-state index in [9.17, 15) is 4.79 Å². The van der Waals surface area contributed by atoms with Gasteiger partial charge in [-0.2, -0.15) is 0 Å². The summed E-state index contributed by atoms with van der Waals surface area (Å²) in [6.45, 7) is 15.0. The molecule has 2 heteroatoms. The van der Waals surface area contributed by atoms with Crippen molar-refractivity contribution in [1.82, 2.24) is 0 Å². The van der Waals surface area contributed by atoms with Crippen molar-refractivity contribution in [2.45, 2.75) is 221 Å². The van der Waals surface area contributed by atoms with Crippen LogP contribution in [0.4, 0.5) is 0 Å². The molecule has 0 spiro atoms. The van der Waals surface area contributed by atoms with Crippen molar-refractivity contribution < 1.29 is 9.53 Å². The zero-order valence-electron chi connectivity index (χ0n) is 32.5. The first-order valence-electron chi connectivity index (χ1n) is 21.6. The first-order chi connectivity index (χ1) is 22.7. The van der Waals surface area contributed by atoms with Crippen LogP contribution >= 0.6 is 0 Å². The van der Waals surface area contributed by atoms with Gasteiger partial charge in [-0.05, 0) is 97.7 Å². The Bertz CT molecular complexity index is 934. The molecule has 0 saturated heterocycles. The van der Waals surface area contributed by atoms with Gasteiger partial charge < -0.3 is 4.74 Å². The number of carbonyl (C=O) groups is 1. The van der Waals surface area contributed by atoms with E-state index in [0.29, 0.717) is 17.3 Å². The van der Waals surface area contributed by atoms with Crippen molar-refractivity contribution >= 4 is 5.97 Å². The standard InChI is InChI=1S/C45H80O2/c1-7-8-9-10-11-12-13-14-15-16-17-18-19-20-21-25-43(46)47-38-30-32-44(5)37(34-38)26-27-39-41-29-28-40(36(4)24-22-23-35(2)3)45(41,6)33-31-42(39)44/h26,35-36,38-42H,7-25,27-34H2,1-6H3/t36?,38-,39?,40+,41?,42?,44-,45+/m0/s1. The molecule has 0 amide bonds. The van der Waals surface area contributed by atoms with Crippen LogP contribution in [0.5, 0.6) is 0 Å². The zero-order valence-corrected chi connectivity index (χ0v) is 32.5. The maximum Gasteiger partial charge on any atom is 0.306 e. The van der Waals surface area contributed by atoms with Gasteiger partial charge in [-0.25, -0.2) is 0 Å². The first kappa shape index (κ1) is 39.0. The SMILES string of the molecule is CCCCCCCCCCCCCCCCCC(=O)O[C@H]1CC[C@@]2(C)C(=CCC3C2CC[C@@]2(C)C3CC[C@@H]2C(C)CCCC(C)C)C1. The minimum absolute atomic E-state index is 0.0653. The molecule has 4 aliphatic carbocycles. The topological polar surface area (TPSA) is 26.3 Å². The molecular formula is C45H80O2. The second-order valence-corrected chi connectivity index (χ2v) is 18.3. The van der Waals surface area contributed by atoms with E-state index in [0.717, 1.165) is 54.8 Å². The predicted molar refractivity (Wildman–Crippen MR) is 202 cm³/mol. The highest BCUT2D eigenvalue weighted by Crippen LogP contribution is 2.67. The highest BCUT2D eigenvalue weighted by molar-refractivity contribution is 5.69. The molecule has 0 radical (unpaired) electrons. The zero-order chi connectivity index (χ0) is 33.7. The average Bonchev–Trinajstić information content (AvgIpc) is 3.40. The summed E-state index contributed by atoms with van der Waals surface area (Å²) in [4.78, 5) is 12.8. The minimum atomic E-state index is 0.0653. The summed E-state index contributed by atoms with van der Waals surface area (Å²) in [7, 11) is 0. The third kappa shape index (κ3) is 10.8. The number of allylic oxidation sites excluding steroid dienone is 1. The van der Waals surface area contributed by atoms with Crippen molar-refractivity contribution in [3.05, 3.63) is 11.6 Å². The third-order valence-electron chi connectivity index (χ3n) is 14.5. The van der Waals surface area contributed by atoms with Crippen LogP contribution in [-0.4, -0.2) is 12.1 Å². The molecule has 8 atom stereocenters. The Labute approximate surface area is 293 Å². The van der Waals surface area contributed by atoms with E-state index in [1.165, 1.54) is 148 Å². The molecule has 0 heterocycles. The fourth-order valence-electron chi connectivity index (χ4n) is 11.6. The molecule has 0 aromatic carbocycles. The third-order valence-corrected chi connectivity index (χ3v) is 14.5. The van der Waals surface area contributed by atoms with Crippen LogP contribution in [0.3, 0.4) is 0 Å². The van der Waals surface area contributed by atoms with Crippen LogP contribution in [0.2, 0.25) is 0 Å². The van der Waals surface area contributed by atoms with Gasteiger partial charge in [0.1, 0.15) is 6.10 Å². The number of fused-ring (bicyclic) bond motifs is 5. The fraction of sp³-hybridized carbons (Fsp3) is 0.933. The number of carbonyl (C=O) groups excluding carboxylic acids is 1. The van der Waals surface area contributed by atoms with Gasteiger partial charge in [-0.15, -0.1) is 0 Å². The quantitative estimate of drug-likeness (QED) is 0.0661. The molecule has 4 rings (SSSR count). The highest BCUT2D eigenvalue weighted by Gasteiger charge is 2.59. The molecular weight excluding hydrogens is 572 g/mol. The maximum absolute atomic E-state index is 12.8. The summed E-state index contributed by atoms with van der Waals surface area (Å²) in [6.07, 6.45) is 38.4. The number of hydrogen-bond acceptors (Lipinski definition) is 2. The molecule has 4 unspecified atom stereocenters. The summed E-state index contributed by atoms with van der Waals surface area (Å²) >= 11 is 0. The van der Waals surface area contributed by atoms with Gasteiger partial charge in [0.15, 0.2) is 0 Å². The van der Waals surface area contributed by atoms with Gasteiger partial charge in [0.2, 0.25) is 0 Å². The van der Waals surface area contributed by atoms with Crippen molar-refractivity contribution in [1.29, 1.82) is 0 Å². The summed E-state index contributed by atoms with van der Waals surface area (Å²) < 4.78 is 6.13. The van der Waals surface area contributed by atoms with Gasteiger partial charge in [-0.1, -0.05) is 162 Å². The highest BCUT2D eigenvalue weighted by atomic mass is 16.5. The van der Waals surface area contributed by atoms with Crippen molar-refractivity contribution in [2.24, 2.45) is 46.3 Å². The summed E-state index contributed by atoms with van der Waals surface area (Å²) in [5.41, 5.74) is 2.54. The van der Waals surface area contributed by atoms with Gasteiger partial charge in [0.05, 0.1) is 0 Å². The second kappa shape index (κ2) is 19.6. The van der Waals surface area contributed by atoms with Crippen LogP contribution in [0, 0.1) is 46.3 Å². The lowest BCUT2D eigenvalue weighted by Crippen LogP contribution is -2.51. The Hall–Kier alpha value is -0.790. The number of hydrogen-bond donors (Lipinski definition) is 0. The van der Waals surface area contributed by atoms with Crippen molar-refractivity contribution in [2.75, 3.05) is 0 Å². The molecule has 272 valence electrons. The van der Waals surface area contributed by atoms with Crippen molar-refractivity contribution in [3.8, 4) is 0 Å². The summed E-state index contributed by atoms with van der Waals surface area (Å²) in [6, 6.07) is 0. The second-order valence-electron chi connectivity index (χ2n) is 18.3. The fourth-order valence-corrected chi connectivity index (χ4v) is 11.6. The molecule has 2 nitrogen and oxygen atoms in total. The monoisotopic (exact) mass is 653 g/mol. The lowest BCUT2D eigenvalue weighted by Gasteiger charge is -2.58. The maximum atomic E-state index is 12.8. The molecule has 47 heavy (non-hydrogen) atoms. The smallest absolute Gasteiger partial charge is 0.306 e. The average molecular weight is 653 g/mol. The molecule has 0 aliphatic heterocycles. The lowest BCUT2D eigenvalue weighted by molar-refractivity contribution is -0.151. The normalized spacial score (nSPS) is 32.4. The van der Waals surface area contributed by atoms with E-state index in [4.69, 9.17) is 4.74 Å².